The third-order valence-electron chi connectivity index (χ3n) is 3.42. The summed E-state index contributed by atoms with van der Waals surface area (Å²) in [4.78, 5) is 7.28. The van der Waals surface area contributed by atoms with Crippen LogP contribution in [0.5, 0.6) is 17.4 Å². The Kier molecular flexibility index (Phi) is 5.83. The summed E-state index contributed by atoms with van der Waals surface area (Å²) in [7, 11) is 1.50. The fourth-order valence-corrected chi connectivity index (χ4v) is 2.31. The average molecular weight is 375 g/mol. The van der Waals surface area contributed by atoms with E-state index in [1.807, 2.05) is 36.4 Å². The van der Waals surface area contributed by atoms with Crippen LogP contribution in [0.4, 0.5) is 10.1 Å². The molecule has 0 atom stereocenters. The monoisotopic (exact) mass is 374 g/mol. The van der Waals surface area contributed by atoms with Gasteiger partial charge in [0.05, 0.1) is 13.3 Å². The molecule has 0 amide bonds. The summed E-state index contributed by atoms with van der Waals surface area (Å²) < 4.78 is 24.5. The number of nitrogens with zero attached hydrogens (tertiary/aromatic N) is 2. The van der Waals surface area contributed by atoms with Gasteiger partial charge in [-0.3, -0.25) is 0 Å². The standard InChI is InChI=1S/C18H16ClFN4O2/c1-25-16-9-12(10-22-24-13-5-3-2-4-6-13)7-8-15(16)26-17-14(20)11-21-18(19)23-17/h2-9,11,22,24H,10H2,1H3. The fraction of sp³-hybridized carbons (Fsp3) is 0.111. The first kappa shape index (κ1) is 17.9. The minimum atomic E-state index is -0.714. The number of ether oxygens (including phenoxy) is 2. The Hall–Kier alpha value is -2.90. The SMILES string of the molecule is COc1cc(CNNc2ccccc2)ccc1Oc1nc(Cl)ncc1F. The molecule has 8 heteroatoms. The van der Waals surface area contributed by atoms with Gasteiger partial charge in [0.2, 0.25) is 11.1 Å². The van der Waals surface area contributed by atoms with Gasteiger partial charge in [-0.1, -0.05) is 24.3 Å². The summed E-state index contributed by atoms with van der Waals surface area (Å²) in [6.07, 6.45) is 0.949. The Labute approximate surface area is 154 Å². The van der Waals surface area contributed by atoms with Gasteiger partial charge in [0, 0.05) is 12.2 Å². The number of hydrazine groups is 1. The summed E-state index contributed by atoms with van der Waals surface area (Å²) in [5.74, 6) is -0.215. The quantitative estimate of drug-likeness (QED) is 0.477. The number of nitrogens with one attached hydrogen (secondary N) is 2. The first-order valence-corrected chi connectivity index (χ1v) is 8.10. The van der Waals surface area contributed by atoms with Crippen molar-refractivity contribution in [3.63, 3.8) is 0 Å². The van der Waals surface area contributed by atoms with E-state index in [1.54, 1.807) is 12.1 Å². The van der Waals surface area contributed by atoms with Crippen molar-refractivity contribution in [2.24, 2.45) is 0 Å². The maximum atomic E-state index is 13.7. The zero-order valence-electron chi connectivity index (χ0n) is 13.9. The molecule has 134 valence electrons. The van der Waals surface area contributed by atoms with Crippen molar-refractivity contribution in [3.8, 4) is 17.4 Å². The maximum Gasteiger partial charge on any atom is 0.260 e. The molecule has 0 saturated carbocycles. The number of methoxy groups -OCH3 is 1. The van der Waals surface area contributed by atoms with Gasteiger partial charge in [0.15, 0.2) is 11.5 Å². The molecule has 3 rings (SSSR count). The van der Waals surface area contributed by atoms with E-state index in [0.29, 0.717) is 18.0 Å². The number of hydrogen-bond acceptors (Lipinski definition) is 6. The largest absolute Gasteiger partial charge is 0.493 e. The van der Waals surface area contributed by atoms with Gasteiger partial charge >= 0.3 is 0 Å². The molecule has 1 heterocycles. The highest BCUT2D eigenvalue weighted by molar-refractivity contribution is 6.28. The summed E-state index contributed by atoms with van der Waals surface area (Å²) in [6.45, 7) is 0.541. The highest BCUT2D eigenvalue weighted by Gasteiger charge is 2.12. The van der Waals surface area contributed by atoms with E-state index < -0.39 is 5.82 Å². The molecule has 1 aromatic heterocycles. The van der Waals surface area contributed by atoms with Crippen LogP contribution in [0.15, 0.2) is 54.7 Å². The third kappa shape index (κ3) is 4.59. The van der Waals surface area contributed by atoms with Gasteiger partial charge in [-0.2, -0.15) is 9.37 Å². The predicted octanol–water partition coefficient (Wildman–Crippen LogP) is 4.19. The van der Waals surface area contributed by atoms with Crippen LogP contribution in [0.2, 0.25) is 5.28 Å². The number of halogens is 2. The predicted molar refractivity (Wildman–Crippen MR) is 97.0 cm³/mol. The first-order valence-electron chi connectivity index (χ1n) is 7.72. The number of para-hydroxylation sites is 1. The third-order valence-corrected chi connectivity index (χ3v) is 3.60. The molecule has 2 aromatic carbocycles. The van der Waals surface area contributed by atoms with E-state index in [2.05, 4.69) is 20.8 Å². The van der Waals surface area contributed by atoms with Crippen molar-refractivity contribution in [1.29, 1.82) is 0 Å². The minimum absolute atomic E-state index is 0.104. The lowest BCUT2D eigenvalue weighted by Crippen LogP contribution is -2.20. The molecule has 0 spiro atoms. The van der Waals surface area contributed by atoms with Crippen molar-refractivity contribution in [2.75, 3.05) is 12.5 Å². The zero-order chi connectivity index (χ0) is 18.4. The fourth-order valence-electron chi connectivity index (χ4n) is 2.18. The lowest BCUT2D eigenvalue weighted by atomic mass is 10.2. The molecular formula is C18H16ClFN4O2. The van der Waals surface area contributed by atoms with Crippen LogP contribution in [-0.4, -0.2) is 17.1 Å². The van der Waals surface area contributed by atoms with Crippen LogP contribution in [0, 0.1) is 5.82 Å². The van der Waals surface area contributed by atoms with E-state index >= 15 is 0 Å². The summed E-state index contributed by atoms with van der Waals surface area (Å²) in [6, 6.07) is 15.0. The summed E-state index contributed by atoms with van der Waals surface area (Å²) in [5, 5.41) is -0.104. The Morgan fingerprint density at radius 1 is 1.12 bits per heavy atom. The van der Waals surface area contributed by atoms with Crippen LogP contribution in [0.25, 0.3) is 0 Å². The van der Waals surface area contributed by atoms with E-state index in [-0.39, 0.29) is 11.2 Å². The molecule has 0 radical (unpaired) electrons. The molecule has 0 unspecified atom stereocenters. The molecule has 0 aliphatic rings. The zero-order valence-corrected chi connectivity index (χ0v) is 14.6. The molecule has 26 heavy (non-hydrogen) atoms. The van der Waals surface area contributed by atoms with E-state index in [0.717, 1.165) is 17.4 Å². The second-order valence-corrected chi connectivity index (χ2v) is 5.56. The van der Waals surface area contributed by atoms with Crippen molar-refractivity contribution in [3.05, 3.63) is 71.4 Å². The number of aromatic nitrogens is 2. The number of rotatable bonds is 7. The molecule has 3 aromatic rings. The highest BCUT2D eigenvalue weighted by atomic mass is 35.5. The maximum absolute atomic E-state index is 13.7. The van der Waals surface area contributed by atoms with E-state index in [1.165, 1.54) is 7.11 Å². The minimum Gasteiger partial charge on any atom is -0.493 e. The Balaban J connectivity index is 1.68. The van der Waals surface area contributed by atoms with Gasteiger partial charge in [0.1, 0.15) is 0 Å². The van der Waals surface area contributed by atoms with Crippen LogP contribution in [0.3, 0.4) is 0 Å². The number of hydrogen-bond donors (Lipinski definition) is 2. The van der Waals surface area contributed by atoms with Gasteiger partial charge in [0.25, 0.3) is 5.88 Å². The Morgan fingerprint density at radius 2 is 1.92 bits per heavy atom. The van der Waals surface area contributed by atoms with E-state index in [4.69, 9.17) is 21.1 Å². The normalized spacial score (nSPS) is 10.4. The second kappa shape index (κ2) is 8.46. The van der Waals surface area contributed by atoms with Crippen molar-refractivity contribution >= 4 is 17.3 Å². The first-order chi connectivity index (χ1) is 12.7. The summed E-state index contributed by atoms with van der Waals surface area (Å²) >= 11 is 5.67. The summed E-state index contributed by atoms with van der Waals surface area (Å²) in [5.41, 5.74) is 8.10. The van der Waals surface area contributed by atoms with Crippen molar-refractivity contribution in [1.82, 2.24) is 15.4 Å². The molecule has 2 N–H and O–H groups in total. The van der Waals surface area contributed by atoms with Gasteiger partial charge in [-0.15, -0.1) is 0 Å². The second-order valence-electron chi connectivity index (χ2n) is 5.22. The average Bonchev–Trinajstić information content (AvgIpc) is 2.66. The van der Waals surface area contributed by atoms with Crippen LogP contribution in [0.1, 0.15) is 5.56 Å². The highest BCUT2D eigenvalue weighted by Crippen LogP contribution is 2.32. The van der Waals surface area contributed by atoms with Crippen molar-refractivity contribution < 1.29 is 13.9 Å². The molecule has 0 aliphatic heterocycles. The molecular weight excluding hydrogens is 359 g/mol. The van der Waals surface area contributed by atoms with Crippen molar-refractivity contribution in [2.45, 2.75) is 6.54 Å². The Morgan fingerprint density at radius 3 is 2.69 bits per heavy atom. The van der Waals surface area contributed by atoms with Gasteiger partial charge in [-0.25, -0.2) is 10.4 Å². The lowest BCUT2D eigenvalue weighted by Gasteiger charge is -2.13. The van der Waals surface area contributed by atoms with E-state index in [9.17, 15) is 4.39 Å². The van der Waals surface area contributed by atoms with Crippen LogP contribution >= 0.6 is 11.6 Å². The molecule has 0 saturated heterocycles. The number of benzene rings is 2. The van der Waals surface area contributed by atoms with Gasteiger partial charge in [-0.05, 0) is 41.4 Å². The smallest absolute Gasteiger partial charge is 0.260 e. The topological polar surface area (TPSA) is 68.3 Å². The molecule has 0 aliphatic carbocycles. The molecule has 6 nitrogen and oxygen atoms in total. The Bertz CT molecular complexity index is 880. The van der Waals surface area contributed by atoms with Crippen LogP contribution in [-0.2, 0) is 6.54 Å². The van der Waals surface area contributed by atoms with Gasteiger partial charge < -0.3 is 14.9 Å². The van der Waals surface area contributed by atoms with Crippen LogP contribution < -0.4 is 20.3 Å². The molecule has 0 bridgehead atoms. The molecule has 0 fully saturated rings. The number of anilines is 1. The lowest BCUT2D eigenvalue weighted by molar-refractivity contribution is 0.362.